The topological polar surface area (TPSA) is 75.4 Å². The third-order valence-electron chi connectivity index (χ3n) is 11.0. The molecule has 57 heavy (non-hydrogen) atoms. The second-order valence-corrected chi connectivity index (χ2v) is 15.3. The van der Waals surface area contributed by atoms with Gasteiger partial charge in [0.15, 0.2) is 0 Å². The molecule has 0 radical (unpaired) electrons. The number of aromatic nitrogens is 2. The number of aliphatic hydroxyl groups is 1. The summed E-state index contributed by atoms with van der Waals surface area (Å²) >= 11 is 0. The molecule has 3 aromatic carbocycles. The van der Waals surface area contributed by atoms with Crippen LogP contribution >= 0.6 is 0 Å². The van der Waals surface area contributed by atoms with Crippen molar-refractivity contribution in [1.29, 1.82) is 0 Å². The van der Waals surface area contributed by atoms with Gasteiger partial charge in [-0.05, 0) is 129 Å². The summed E-state index contributed by atoms with van der Waals surface area (Å²) in [4.78, 5) is 30.6. The maximum atomic E-state index is 14.8. The van der Waals surface area contributed by atoms with E-state index in [0.717, 1.165) is 73.1 Å². The van der Waals surface area contributed by atoms with Gasteiger partial charge in [-0.1, -0.05) is 108 Å². The summed E-state index contributed by atoms with van der Waals surface area (Å²) in [5.41, 5.74) is 7.95. The Labute approximate surface area is 341 Å². The Kier molecular flexibility index (Phi) is 18.2. The van der Waals surface area contributed by atoms with E-state index in [1.54, 1.807) is 13.0 Å². The number of imidazole rings is 1. The molecule has 1 N–H and O–H groups in total. The predicted molar refractivity (Wildman–Crippen MR) is 235 cm³/mol. The van der Waals surface area contributed by atoms with Crippen molar-refractivity contribution in [2.75, 3.05) is 13.1 Å². The van der Waals surface area contributed by atoms with Crippen molar-refractivity contribution in [2.24, 2.45) is 0 Å². The van der Waals surface area contributed by atoms with Gasteiger partial charge in [-0.2, -0.15) is 0 Å². The van der Waals surface area contributed by atoms with Gasteiger partial charge in [0.05, 0.1) is 22.4 Å². The third-order valence-corrected chi connectivity index (χ3v) is 11.0. The molecule has 306 valence electrons. The van der Waals surface area contributed by atoms with Crippen LogP contribution in [0.1, 0.15) is 139 Å². The van der Waals surface area contributed by atoms with E-state index in [9.17, 15) is 19.1 Å². The quantitative estimate of drug-likeness (QED) is 0.122. The van der Waals surface area contributed by atoms with E-state index in [0.29, 0.717) is 48.9 Å². The van der Waals surface area contributed by atoms with E-state index in [1.165, 1.54) is 41.5 Å². The highest BCUT2D eigenvalue weighted by molar-refractivity contribution is 5.95. The van der Waals surface area contributed by atoms with Crippen LogP contribution in [0.25, 0.3) is 34.7 Å². The lowest BCUT2D eigenvalue weighted by molar-refractivity contribution is -0.104. The zero-order chi connectivity index (χ0) is 41.3. The minimum Gasteiger partial charge on any atom is -0.393 e. The molecule has 2 fully saturated rings. The molecule has 6 nitrogen and oxygen atoms in total. The number of piperidine rings is 1. The smallest absolute Gasteiger partial charge is 0.253 e. The van der Waals surface area contributed by atoms with Gasteiger partial charge in [0.1, 0.15) is 17.9 Å². The van der Waals surface area contributed by atoms with Gasteiger partial charge in [-0.3, -0.25) is 9.59 Å². The SMILES string of the molecule is C/C=c1/nc(-c2ccc(C)cc2F)n(C2CCCCC2)/c1=C/C=C(\C)C=O.CC.CCCCc1cc(C(=O)N2CCC(O)CC2)ccc1-c1ccc(CCC)cc1. The Morgan fingerprint density at radius 2 is 1.58 bits per heavy atom. The molecule has 0 atom stereocenters. The summed E-state index contributed by atoms with van der Waals surface area (Å²) in [6, 6.07) is 20.7. The molecule has 1 aliphatic heterocycles. The molecular weight excluding hydrogens is 710 g/mol. The van der Waals surface area contributed by atoms with Crippen LogP contribution in [-0.4, -0.2) is 50.9 Å². The maximum Gasteiger partial charge on any atom is 0.253 e. The van der Waals surface area contributed by atoms with Gasteiger partial charge in [0.25, 0.3) is 5.91 Å². The number of aliphatic hydroxyl groups excluding tert-OH is 1. The number of unbranched alkanes of at least 4 members (excludes halogenated alkanes) is 1. The van der Waals surface area contributed by atoms with Crippen molar-refractivity contribution in [3.05, 3.63) is 111 Å². The number of benzene rings is 3. The molecule has 1 aromatic heterocycles. The molecule has 1 saturated carbocycles. The Hall–Kier alpha value is -4.62. The first-order chi connectivity index (χ1) is 27.7. The number of nitrogens with zero attached hydrogens (tertiary/aromatic N) is 3. The second kappa shape index (κ2) is 23.0. The maximum absolute atomic E-state index is 14.8. The van der Waals surface area contributed by atoms with Crippen LogP contribution < -0.4 is 10.7 Å². The molecule has 0 bridgehead atoms. The van der Waals surface area contributed by atoms with Gasteiger partial charge in [0, 0.05) is 24.7 Å². The molecule has 1 aliphatic carbocycles. The first kappa shape index (κ1) is 45.1. The van der Waals surface area contributed by atoms with Crippen molar-refractivity contribution < 1.29 is 19.1 Å². The fraction of sp³-hybridized carbons (Fsp3) is 0.460. The summed E-state index contributed by atoms with van der Waals surface area (Å²) in [6.07, 6.45) is 18.9. The number of carbonyl (C=O) groups excluding carboxylic acids is 2. The van der Waals surface area contributed by atoms with Crippen molar-refractivity contribution >= 4 is 24.3 Å². The van der Waals surface area contributed by atoms with Crippen LogP contribution in [0.4, 0.5) is 4.39 Å². The van der Waals surface area contributed by atoms with Crippen LogP contribution in [0.2, 0.25) is 0 Å². The number of hydrogen-bond acceptors (Lipinski definition) is 4. The number of likely N-dealkylation sites (tertiary alicyclic amines) is 1. The normalized spacial score (nSPS) is 15.8. The first-order valence-electron chi connectivity index (χ1n) is 21.5. The Balaban J connectivity index is 0.000000242. The Morgan fingerprint density at radius 3 is 2.19 bits per heavy atom. The fourth-order valence-electron chi connectivity index (χ4n) is 7.76. The molecule has 1 amide bonds. The number of halogens is 1. The number of hydrogen-bond donors (Lipinski definition) is 1. The van der Waals surface area contributed by atoms with Gasteiger partial charge >= 0.3 is 0 Å². The van der Waals surface area contributed by atoms with Crippen molar-refractivity contribution in [2.45, 2.75) is 138 Å². The average Bonchev–Trinajstić information content (AvgIpc) is 3.61. The second-order valence-electron chi connectivity index (χ2n) is 15.3. The molecule has 6 rings (SSSR count). The highest BCUT2D eigenvalue weighted by Crippen LogP contribution is 2.32. The number of aryl methyl sites for hydroxylation is 3. The number of carbonyl (C=O) groups is 2. The molecule has 4 aromatic rings. The predicted octanol–water partition coefficient (Wildman–Crippen LogP) is 10.5. The lowest BCUT2D eigenvalue weighted by Crippen LogP contribution is -2.40. The molecular formula is C50H66FN3O3. The van der Waals surface area contributed by atoms with Gasteiger partial charge < -0.3 is 14.6 Å². The summed E-state index contributed by atoms with van der Waals surface area (Å²) in [6.45, 7) is 15.3. The largest absolute Gasteiger partial charge is 0.393 e. The molecule has 7 heteroatoms. The van der Waals surface area contributed by atoms with E-state index < -0.39 is 0 Å². The van der Waals surface area contributed by atoms with Crippen molar-refractivity contribution in [3.63, 3.8) is 0 Å². The molecule has 1 saturated heterocycles. The van der Waals surface area contributed by atoms with Gasteiger partial charge in [-0.15, -0.1) is 0 Å². The van der Waals surface area contributed by atoms with E-state index >= 15 is 0 Å². The van der Waals surface area contributed by atoms with E-state index in [1.807, 2.05) is 69.0 Å². The first-order valence-corrected chi connectivity index (χ1v) is 21.5. The molecule has 2 heterocycles. The molecule has 0 unspecified atom stereocenters. The highest BCUT2D eigenvalue weighted by atomic mass is 19.1. The summed E-state index contributed by atoms with van der Waals surface area (Å²) < 4.78 is 17.0. The monoisotopic (exact) mass is 776 g/mol. The van der Waals surface area contributed by atoms with Crippen molar-refractivity contribution in [3.8, 4) is 22.5 Å². The van der Waals surface area contributed by atoms with E-state index in [-0.39, 0.29) is 17.8 Å². The third kappa shape index (κ3) is 12.2. The fourth-order valence-corrected chi connectivity index (χ4v) is 7.76. The summed E-state index contributed by atoms with van der Waals surface area (Å²) in [5.74, 6) is 0.524. The molecule has 0 spiro atoms. The van der Waals surface area contributed by atoms with E-state index in [4.69, 9.17) is 4.98 Å². The van der Waals surface area contributed by atoms with Crippen molar-refractivity contribution in [1.82, 2.24) is 14.5 Å². The van der Waals surface area contributed by atoms with Crippen LogP contribution in [0, 0.1) is 12.7 Å². The Bertz CT molecular complexity index is 2050. The average molecular weight is 776 g/mol. The minimum atomic E-state index is -0.262. The number of rotatable bonds is 11. The summed E-state index contributed by atoms with van der Waals surface area (Å²) in [5, 5.41) is 11.5. The highest BCUT2D eigenvalue weighted by Gasteiger charge is 2.24. The molecule has 2 aliphatic rings. The van der Waals surface area contributed by atoms with Crippen LogP contribution in [-0.2, 0) is 17.6 Å². The zero-order valence-corrected chi connectivity index (χ0v) is 35.6. The van der Waals surface area contributed by atoms with E-state index in [2.05, 4.69) is 54.8 Å². The lowest BCUT2D eigenvalue weighted by atomic mass is 9.93. The standard InChI is InChI=1S/C25H33NO2.C23H27FN2O.C2H6/c1-3-5-7-21-18-22(25(28)26-16-14-23(27)15-17-26)12-13-24(21)20-10-8-19(6-4-2)9-11-20;1-4-21-22(13-11-17(3)15-27)26(18-8-6-5-7-9-18)23(25-21)19-12-10-16(2)14-20(19)24;1-2/h8-13,18,23,27H,3-7,14-17H2,1-2H3;4,10-15,18H,5-9H2,1-3H3;1-2H3/b;17-11+,21-4+,22-13+;. The number of aldehydes is 1. The van der Waals surface area contributed by atoms with Crippen LogP contribution in [0.5, 0.6) is 0 Å². The Morgan fingerprint density at radius 1 is 0.895 bits per heavy atom. The van der Waals surface area contributed by atoms with Gasteiger partial charge in [0.2, 0.25) is 0 Å². The van der Waals surface area contributed by atoms with Gasteiger partial charge in [-0.25, -0.2) is 9.37 Å². The number of allylic oxidation sites excluding steroid dienone is 2. The van der Waals surface area contributed by atoms with Crippen LogP contribution in [0.3, 0.4) is 0 Å². The van der Waals surface area contributed by atoms with Crippen LogP contribution in [0.15, 0.2) is 72.3 Å². The summed E-state index contributed by atoms with van der Waals surface area (Å²) in [7, 11) is 0. The lowest BCUT2D eigenvalue weighted by Gasteiger charge is -2.30. The number of amides is 1. The zero-order valence-electron chi connectivity index (χ0n) is 35.6. The minimum absolute atomic E-state index is 0.0921.